The first-order chi connectivity index (χ1) is 33.5. The number of hydrogen-bond donors (Lipinski definition) is 2. The van der Waals surface area contributed by atoms with E-state index in [-0.39, 0.29) is 42.4 Å². The number of halogens is 1. The van der Waals surface area contributed by atoms with E-state index in [2.05, 4.69) is 60.3 Å². The van der Waals surface area contributed by atoms with E-state index in [0.717, 1.165) is 44.7 Å². The van der Waals surface area contributed by atoms with Crippen LogP contribution in [-0.4, -0.2) is 142 Å². The van der Waals surface area contributed by atoms with E-state index in [1.807, 2.05) is 32.2 Å². The van der Waals surface area contributed by atoms with Crippen molar-refractivity contribution in [2.45, 2.75) is 111 Å². The molecule has 1 spiro atoms. The van der Waals surface area contributed by atoms with Gasteiger partial charge in [-0.15, -0.1) is 11.3 Å². The molecule has 3 saturated heterocycles. The average molecular weight is 982 g/mol. The lowest BCUT2D eigenvalue weighted by Gasteiger charge is -2.54. The SMILES string of the molecule is CCn1c(-c2cccnc2[C@H](C)OC)c2c3cc(ccc31)-c1csc(n1)C[C@H](NC(=O)[C@H](C(C)C)N(C)C(=O)N1CCC3(CC1)CN(C(=O)/C=C/CF)C3)C(=O)N1CCC[C@H](N1)C(=O)OCC(C)(C)C2. The number of allylic oxidation sites excluding steroid dienone is 1. The second kappa shape index (κ2) is 20.9. The number of ether oxygens (including phenoxy) is 2. The molecule has 4 aromatic rings. The molecule has 18 heteroatoms. The van der Waals surface area contributed by atoms with Crippen LogP contribution in [0.25, 0.3) is 33.4 Å². The van der Waals surface area contributed by atoms with Crippen LogP contribution in [0.4, 0.5) is 9.18 Å². The Morgan fingerprint density at radius 2 is 1.86 bits per heavy atom. The zero-order valence-electron chi connectivity index (χ0n) is 41.8. The van der Waals surface area contributed by atoms with Gasteiger partial charge in [0, 0.05) is 110 Å². The molecule has 16 nitrogen and oxygen atoms in total. The smallest absolute Gasteiger partial charge is 0.324 e. The highest BCUT2D eigenvalue weighted by Gasteiger charge is 2.48. The summed E-state index contributed by atoms with van der Waals surface area (Å²) >= 11 is 1.41. The molecule has 70 heavy (non-hydrogen) atoms. The molecule has 1 aromatic carbocycles. The number of aryl methyl sites for hydroxylation is 1. The van der Waals surface area contributed by atoms with E-state index in [1.165, 1.54) is 33.4 Å². The first kappa shape index (κ1) is 50.7. The van der Waals surface area contributed by atoms with Crippen molar-refractivity contribution in [3.8, 4) is 22.5 Å². The molecule has 4 aliphatic rings. The molecule has 376 valence electrons. The van der Waals surface area contributed by atoms with Gasteiger partial charge in [-0.25, -0.2) is 19.6 Å². The molecule has 4 aliphatic heterocycles. The Hall–Kier alpha value is -5.72. The van der Waals surface area contributed by atoms with E-state index < -0.39 is 48.0 Å². The number of aromatic nitrogens is 3. The number of alkyl halides is 1. The third kappa shape index (κ3) is 10.4. The fourth-order valence-electron chi connectivity index (χ4n) is 10.7. The molecule has 4 atom stereocenters. The Kier molecular flexibility index (Phi) is 15.2. The molecule has 6 bridgehead atoms. The normalized spacial score (nSPS) is 21.4. The van der Waals surface area contributed by atoms with Gasteiger partial charge in [0.1, 0.15) is 24.8 Å². The van der Waals surface area contributed by atoms with Gasteiger partial charge in [0.05, 0.1) is 34.8 Å². The number of amides is 5. The van der Waals surface area contributed by atoms with Crippen molar-refractivity contribution < 1.29 is 37.8 Å². The Balaban J connectivity index is 1.09. The Morgan fingerprint density at radius 3 is 2.56 bits per heavy atom. The number of nitrogens with one attached hydrogen (secondary N) is 2. The van der Waals surface area contributed by atoms with Crippen molar-refractivity contribution in [3.05, 3.63) is 70.3 Å². The van der Waals surface area contributed by atoms with E-state index in [4.69, 9.17) is 19.4 Å². The van der Waals surface area contributed by atoms with Crippen LogP contribution in [0.2, 0.25) is 0 Å². The molecule has 0 aliphatic carbocycles. The molecule has 0 unspecified atom stereocenters. The number of benzene rings is 1. The van der Waals surface area contributed by atoms with E-state index in [1.54, 1.807) is 30.2 Å². The van der Waals surface area contributed by atoms with E-state index >= 15 is 0 Å². The average Bonchev–Trinajstić information content (AvgIpc) is 3.94. The summed E-state index contributed by atoms with van der Waals surface area (Å²) < 4.78 is 26.8. The standard InChI is InChI=1S/C52H68FN9O7S/c1-9-61-41-17-16-34-25-36(41)37(46(61)35-13-11-21-54-44(35)33(4)68-8)27-51(5,6)31-69-49(66)38-14-12-22-62(57-38)48(65)39(26-42-55-40(34)28-70-42)56-47(64)45(32(2)3)58(7)50(67)59-23-18-52(19-24-59)29-60(30-52)43(63)15-10-20-53/h10-11,13,15-17,21,25,28,32-33,38-39,45,57H,9,12,14,18-20,22-24,26-27,29-31H2,1-8H3,(H,56,64)/b15-10+/t33-,38-,39-,45-/m0/s1. The summed E-state index contributed by atoms with van der Waals surface area (Å²) in [5.41, 5.74) is 9.14. The summed E-state index contributed by atoms with van der Waals surface area (Å²) in [5, 5.41) is 8.12. The molecule has 7 heterocycles. The number of likely N-dealkylation sites (tertiary alicyclic amines) is 2. The van der Waals surface area contributed by atoms with Gasteiger partial charge in [0.15, 0.2) is 0 Å². The van der Waals surface area contributed by atoms with Crippen LogP contribution >= 0.6 is 11.3 Å². The van der Waals surface area contributed by atoms with Crippen molar-refractivity contribution in [1.82, 2.24) is 45.0 Å². The van der Waals surface area contributed by atoms with Gasteiger partial charge < -0.3 is 34.1 Å². The summed E-state index contributed by atoms with van der Waals surface area (Å²) in [5.74, 6) is -1.89. The number of piperidine rings is 1. The number of carbonyl (C=O) groups is 5. The van der Waals surface area contributed by atoms with E-state index in [0.29, 0.717) is 76.4 Å². The lowest BCUT2D eigenvalue weighted by atomic mass is 9.72. The zero-order valence-corrected chi connectivity index (χ0v) is 42.6. The van der Waals surface area contributed by atoms with Crippen molar-refractivity contribution in [2.24, 2.45) is 16.7 Å². The topological polar surface area (TPSA) is 172 Å². The van der Waals surface area contributed by atoms with Gasteiger partial charge in [0.25, 0.3) is 5.91 Å². The largest absolute Gasteiger partial charge is 0.464 e. The van der Waals surface area contributed by atoms with Crippen LogP contribution in [0.3, 0.4) is 0 Å². The second-order valence-corrected chi connectivity index (χ2v) is 21.5. The van der Waals surface area contributed by atoms with Gasteiger partial charge in [-0.2, -0.15) is 0 Å². The fraction of sp³-hybridized carbons (Fsp3) is 0.558. The molecule has 8 rings (SSSR count). The molecule has 5 amide bonds. The van der Waals surface area contributed by atoms with E-state index in [9.17, 15) is 28.4 Å². The minimum Gasteiger partial charge on any atom is -0.464 e. The van der Waals surface area contributed by atoms with Crippen LogP contribution in [0.15, 0.2) is 54.1 Å². The number of fused-ring (bicyclic) bond motifs is 6. The summed E-state index contributed by atoms with van der Waals surface area (Å²) in [4.78, 5) is 84.5. The number of methoxy groups -OCH3 is 1. The predicted octanol–water partition coefficient (Wildman–Crippen LogP) is 6.73. The Bertz CT molecular complexity index is 2630. The molecule has 3 fully saturated rings. The highest BCUT2D eigenvalue weighted by molar-refractivity contribution is 7.10. The minimum absolute atomic E-state index is 0.0712. The number of hydrogen-bond acceptors (Lipinski definition) is 11. The number of urea groups is 1. The molecule has 0 saturated carbocycles. The lowest BCUT2D eigenvalue weighted by molar-refractivity contribution is -0.155. The van der Waals surface area contributed by atoms with Crippen molar-refractivity contribution in [3.63, 3.8) is 0 Å². The van der Waals surface area contributed by atoms with Crippen LogP contribution in [0, 0.1) is 16.7 Å². The quantitative estimate of drug-likeness (QED) is 0.128. The van der Waals surface area contributed by atoms with Gasteiger partial charge in [-0.1, -0.05) is 33.8 Å². The molecular formula is C52H68FN9O7S. The monoisotopic (exact) mass is 981 g/mol. The van der Waals surface area contributed by atoms with Gasteiger partial charge in [-0.3, -0.25) is 29.2 Å². The molecule has 2 N–H and O–H groups in total. The number of thiazole rings is 1. The zero-order chi connectivity index (χ0) is 50.1. The third-order valence-electron chi connectivity index (χ3n) is 14.6. The molecule has 0 radical (unpaired) electrons. The number of likely N-dealkylation sites (N-methyl/N-ethyl adjacent to an activating group) is 1. The first-order valence-electron chi connectivity index (χ1n) is 24.6. The number of rotatable bonds is 10. The highest BCUT2D eigenvalue weighted by atomic mass is 32.1. The third-order valence-corrected chi connectivity index (χ3v) is 15.5. The second-order valence-electron chi connectivity index (χ2n) is 20.6. The molecule has 3 aromatic heterocycles. The number of nitrogens with zero attached hydrogens (tertiary/aromatic N) is 7. The van der Waals surface area contributed by atoms with Crippen LogP contribution in [0.1, 0.15) is 89.6 Å². The Morgan fingerprint density at radius 1 is 1.10 bits per heavy atom. The molecular weight excluding hydrogens is 914 g/mol. The van der Waals surface area contributed by atoms with Gasteiger partial charge >= 0.3 is 12.0 Å². The predicted molar refractivity (Wildman–Crippen MR) is 266 cm³/mol. The van der Waals surface area contributed by atoms with Crippen molar-refractivity contribution in [2.75, 3.05) is 60.2 Å². The van der Waals surface area contributed by atoms with Crippen molar-refractivity contribution >= 4 is 52.0 Å². The van der Waals surface area contributed by atoms with Crippen LogP contribution in [-0.2, 0) is 48.0 Å². The fourth-order valence-corrected chi connectivity index (χ4v) is 11.6. The number of esters is 1. The lowest BCUT2D eigenvalue weighted by Crippen LogP contribution is -2.64. The number of hydrazine groups is 1. The van der Waals surface area contributed by atoms with Crippen LogP contribution < -0.4 is 10.7 Å². The highest BCUT2D eigenvalue weighted by Crippen LogP contribution is 2.43. The van der Waals surface area contributed by atoms with Crippen molar-refractivity contribution in [1.29, 1.82) is 0 Å². The summed E-state index contributed by atoms with van der Waals surface area (Å²) in [6.07, 6.45) is 7.04. The Labute approximate surface area is 413 Å². The summed E-state index contributed by atoms with van der Waals surface area (Å²) in [7, 11) is 3.30. The first-order valence-corrected chi connectivity index (χ1v) is 25.5. The maximum atomic E-state index is 14.7. The minimum atomic E-state index is -1.09. The number of carbonyl (C=O) groups excluding carboxylic acids is 5. The maximum Gasteiger partial charge on any atom is 0.324 e. The number of cyclic esters (lactones) is 1. The number of pyridine rings is 1. The van der Waals surface area contributed by atoms with Crippen LogP contribution in [0.5, 0.6) is 0 Å². The summed E-state index contributed by atoms with van der Waals surface area (Å²) in [6, 6.07) is 7.30. The van der Waals surface area contributed by atoms with Gasteiger partial charge in [0.2, 0.25) is 11.8 Å². The van der Waals surface area contributed by atoms with Gasteiger partial charge in [-0.05, 0) is 87.8 Å². The summed E-state index contributed by atoms with van der Waals surface area (Å²) in [6.45, 7) is 14.5. The maximum absolute atomic E-state index is 14.7.